The predicted molar refractivity (Wildman–Crippen MR) is 67.8 cm³/mol. The first-order valence-corrected chi connectivity index (χ1v) is 5.89. The van der Waals surface area contributed by atoms with E-state index in [4.69, 9.17) is 0 Å². The van der Waals surface area contributed by atoms with Gasteiger partial charge in [-0.1, -0.05) is 42.5 Å². The maximum Gasteiger partial charge on any atom is 0.414 e. The van der Waals surface area contributed by atoms with E-state index in [1.807, 2.05) is 36.4 Å². The maximum atomic E-state index is 11.8. The lowest BCUT2D eigenvalue weighted by molar-refractivity contribution is -0.191. The van der Waals surface area contributed by atoms with Crippen LogP contribution in [0, 0.1) is 0 Å². The zero-order valence-corrected chi connectivity index (χ0v) is 10.4. The number of amides is 1. The van der Waals surface area contributed by atoms with Crippen LogP contribution in [-0.4, -0.2) is 18.7 Å². The van der Waals surface area contributed by atoms with E-state index in [-0.39, 0.29) is 6.42 Å². The molecule has 0 spiro atoms. The van der Waals surface area contributed by atoms with Crippen LogP contribution in [0.1, 0.15) is 5.56 Å². The van der Waals surface area contributed by atoms with E-state index < -0.39 is 18.7 Å². The number of alkyl halides is 3. The van der Waals surface area contributed by atoms with Gasteiger partial charge in [0.05, 0.1) is 6.42 Å². The molecule has 0 aliphatic heterocycles. The zero-order chi connectivity index (χ0) is 14.6. The highest BCUT2D eigenvalue weighted by Crippen LogP contribution is 2.16. The summed E-state index contributed by atoms with van der Waals surface area (Å²) in [4.78, 5) is 15.5. The van der Waals surface area contributed by atoms with Crippen molar-refractivity contribution in [3.8, 4) is 0 Å². The lowest BCUT2D eigenvalue weighted by Crippen LogP contribution is -2.30. The smallest absolute Gasteiger partial charge is 0.272 e. The van der Waals surface area contributed by atoms with Crippen molar-refractivity contribution in [1.82, 2.24) is 5.48 Å². The minimum Gasteiger partial charge on any atom is -0.272 e. The molecule has 1 amide bonds. The second kappa shape index (κ2) is 5.92. The van der Waals surface area contributed by atoms with Gasteiger partial charge >= 0.3 is 6.18 Å². The molecule has 2 aromatic rings. The summed E-state index contributed by atoms with van der Waals surface area (Å²) in [6.45, 7) is -1.50. The summed E-state index contributed by atoms with van der Waals surface area (Å²) >= 11 is 0. The molecular weight excluding hydrogens is 271 g/mol. The fourth-order valence-electron chi connectivity index (χ4n) is 1.77. The van der Waals surface area contributed by atoms with E-state index in [0.29, 0.717) is 5.56 Å². The summed E-state index contributed by atoms with van der Waals surface area (Å²) in [5, 5.41) is 2.00. The zero-order valence-electron chi connectivity index (χ0n) is 10.4. The molecule has 20 heavy (non-hydrogen) atoms. The van der Waals surface area contributed by atoms with Crippen molar-refractivity contribution >= 4 is 16.7 Å². The van der Waals surface area contributed by atoms with Gasteiger partial charge in [0.15, 0.2) is 6.61 Å². The van der Waals surface area contributed by atoms with Crippen molar-refractivity contribution in [3.63, 3.8) is 0 Å². The average Bonchev–Trinajstić information content (AvgIpc) is 2.37. The number of carbonyl (C=O) groups excluding carboxylic acids is 1. The van der Waals surface area contributed by atoms with E-state index in [1.54, 1.807) is 11.5 Å². The molecule has 1 N–H and O–H groups in total. The number of hydrogen-bond acceptors (Lipinski definition) is 2. The largest absolute Gasteiger partial charge is 0.414 e. The van der Waals surface area contributed by atoms with E-state index in [0.717, 1.165) is 10.8 Å². The monoisotopic (exact) mass is 283 g/mol. The molecule has 0 unspecified atom stereocenters. The Morgan fingerprint density at radius 3 is 2.50 bits per heavy atom. The highest BCUT2D eigenvalue weighted by molar-refractivity contribution is 5.85. The molecule has 0 fully saturated rings. The van der Waals surface area contributed by atoms with Crippen molar-refractivity contribution in [2.45, 2.75) is 12.6 Å². The third-order valence-corrected chi connectivity index (χ3v) is 2.60. The summed E-state index contributed by atoms with van der Waals surface area (Å²) in [6.07, 6.45) is -4.50. The first-order valence-electron chi connectivity index (χ1n) is 5.89. The molecule has 106 valence electrons. The number of nitrogens with one attached hydrogen (secondary N) is 1. The van der Waals surface area contributed by atoms with E-state index in [1.165, 1.54) is 0 Å². The fraction of sp³-hybridized carbons (Fsp3) is 0.214. The Kier molecular flexibility index (Phi) is 4.24. The molecule has 0 aromatic heterocycles. The van der Waals surface area contributed by atoms with Crippen molar-refractivity contribution in [3.05, 3.63) is 48.0 Å². The molecular formula is C14H12F3NO2. The van der Waals surface area contributed by atoms with E-state index in [2.05, 4.69) is 4.84 Å². The van der Waals surface area contributed by atoms with Gasteiger partial charge in [0.2, 0.25) is 5.91 Å². The van der Waals surface area contributed by atoms with Gasteiger partial charge in [0.25, 0.3) is 0 Å². The van der Waals surface area contributed by atoms with Crippen LogP contribution in [-0.2, 0) is 16.1 Å². The van der Waals surface area contributed by atoms with Gasteiger partial charge in [-0.3, -0.25) is 9.63 Å². The normalized spacial score (nSPS) is 11.6. The number of rotatable bonds is 4. The maximum absolute atomic E-state index is 11.8. The molecule has 0 radical (unpaired) electrons. The molecule has 0 heterocycles. The molecule has 2 aromatic carbocycles. The first-order chi connectivity index (χ1) is 9.44. The van der Waals surface area contributed by atoms with Crippen LogP contribution < -0.4 is 5.48 Å². The van der Waals surface area contributed by atoms with Gasteiger partial charge in [-0.2, -0.15) is 13.2 Å². The third kappa shape index (κ3) is 4.24. The van der Waals surface area contributed by atoms with Crippen LogP contribution in [0.4, 0.5) is 13.2 Å². The summed E-state index contributed by atoms with van der Waals surface area (Å²) in [5.74, 6) is -0.621. The van der Waals surface area contributed by atoms with E-state index in [9.17, 15) is 18.0 Å². The molecule has 6 heteroatoms. The molecule has 0 saturated heterocycles. The predicted octanol–water partition coefficient (Wildman–Crippen LogP) is 2.99. The number of carbonyl (C=O) groups is 1. The van der Waals surface area contributed by atoms with Crippen LogP contribution >= 0.6 is 0 Å². The summed E-state index contributed by atoms with van der Waals surface area (Å²) < 4.78 is 35.5. The minimum atomic E-state index is -4.46. The second-order valence-corrected chi connectivity index (χ2v) is 4.29. The molecule has 0 aliphatic rings. The van der Waals surface area contributed by atoms with Crippen molar-refractivity contribution in [2.24, 2.45) is 0 Å². The number of hydroxylamine groups is 1. The Bertz CT molecular complexity index is 611. The molecule has 0 saturated carbocycles. The number of halogens is 3. The van der Waals surface area contributed by atoms with Crippen LogP contribution in [0.3, 0.4) is 0 Å². The summed E-state index contributed by atoms with van der Waals surface area (Å²) in [7, 11) is 0. The SMILES string of the molecule is O=C(Cc1ccc2ccccc2c1)NOCC(F)(F)F. The van der Waals surface area contributed by atoms with Crippen molar-refractivity contribution in [1.29, 1.82) is 0 Å². The number of hydrogen-bond donors (Lipinski definition) is 1. The Labute approximate surface area is 113 Å². The second-order valence-electron chi connectivity index (χ2n) is 4.29. The molecule has 0 aliphatic carbocycles. The van der Waals surface area contributed by atoms with Gasteiger partial charge in [-0.25, -0.2) is 5.48 Å². The highest BCUT2D eigenvalue weighted by atomic mass is 19.4. The molecule has 0 bridgehead atoms. The van der Waals surface area contributed by atoms with Gasteiger partial charge < -0.3 is 0 Å². The average molecular weight is 283 g/mol. The minimum absolute atomic E-state index is 0.0390. The quantitative estimate of drug-likeness (QED) is 0.876. The van der Waals surface area contributed by atoms with Gasteiger partial charge in [0, 0.05) is 0 Å². The standard InChI is InChI=1S/C14H12F3NO2/c15-14(16,17)9-20-18-13(19)8-10-5-6-11-3-1-2-4-12(11)7-10/h1-7H,8-9H2,(H,18,19). The Morgan fingerprint density at radius 2 is 1.80 bits per heavy atom. The van der Waals surface area contributed by atoms with Crippen LogP contribution in [0.2, 0.25) is 0 Å². The Balaban J connectivity index is 1.92. The summed E-state index contributed by atoms with van der Waals surface area (Å²) in [6, 6.07) is 13.0. The molecule has 0 atom stereocenters. The lowest BCUT2D eigenvalue weighted by atomic mass is 10.1. The fourth-order valence-corrected chi connectivity index (χ4v) is 1.77. The topological polar surface area (TPSA) is 38.3 Å². The van der Waals surface area contributed by atoms with Crippen molar-refractivity contribution < 1.29 is 22.8 Å². The van der Waals surface area contributed by atoms with Crippen LogP contribution in [0.25, 0.3) is 10.8 Å². The summed E-state index contributed by atoms with van der Waals surface area (Å²) in [5.41, 5.74) is 2.48. The lowest BCUT2D eigenvalue weighted by Gasteiger charge is -2.08. The first kappa shape index (κ1) is 14.3. The van der Waals surface area contributed by atoms with Gasteiger partial charge in [0.1, 0.15) is 0 Å². The third-order valence-electron chi connectivity index (χ3n) is 2.60. The van der Waals surface area contributed by atoms with Crippen LogP contribution in [0.5, 0.6) is 0 Å². The Hall–Kier alpha value is -2.08. The van der Waals surface area contributed by atoms with Crippen LogP contribution in [0.15, 0.2) is 42.5 Å². The number of benzene rings is 2. The van der Waals surface area contributed by atoms with E-state index >= 15 is 0 Å². The molecule has 2 rings (SSSR count). The highest BCUT2D eigenvalue weighted by Gasteiger charge is 2.28. The van der Waals surface area contributed by atoms with Crippen molar-refractivity contribution in [2.75, 3.05) is 6.61 Å². The Morgan fingerprint density at radius 1 is 1.10 bits per heavy atom. The van der Waals surface area contributed by atoms with Gasteiger partial charge in [-0.15, -0.1) is 0 Å². The molecule has 3 nitrogen and oxygen atoms in total. The van der Waals surface area contributed by atoms with Gasteiger partial charge in [-0.05, 0) is 16.3 Å². The number of fused-ring (bicyclic) bond motifs is 1.